The van der Waals surface area contributed by atoms with Gasteiger partial charge in [0.25, 0.3) is 0 Å². The Bertz CT molecular complexity index is 1360. The van der Waals surface area contributed by atoms with Gasteiger partial charge in [0, 0.05) is 52.3 Å². The number of halogens is 2. The van der Waals surface area contributed by atoms with E-state index in [0.717, 1.165) is 27.6 Å². The molecule has 172 valence electrons. The van der Waals surface area contributed by atoms with Gasteiger partial charge in [0.05, 0.1) is 11.6 Å². The number of amides is 1. The van der Waals surface area contributed by atoms with E-state index in [1.54, 1.807) is 23.1 Å². The monoisotopic (exact) mass is 491 g/mol. The van der Waals surface area contributed by atoms with Gasteiger partial charge in [0.15, 0.2) is 0 Å². The van der Waals surface area contributed by atoms with E-state index in [2.05, 4.69) is 10.6 Å². The van der Waals surface area contributed by atoms with E-state index in [-0.39, 0.29) is 0 Å². The van der Waals surface area contributed by atoms with Gasteiger partial charge in [0.2, 0.25) is 0 Å². The first-order valence-corrected chi connectivity index (χ1v) is 11.7. The van der Waals surface area contributed by atoms with Crippen LogP contribution in [0.25, 0.3) is 22.0 Å². The molecule has 1 heterocycles. The maximum Gasteiger partial charge on any atom is 0.415 e. The molecule has 0 unspecified atom stereocenters. The van der Waals surface area contributed by atoms with Crippen molar-refractivity contribution in [2.75, 3.05) is 13.1 Å². The standard InChI is InChI=1S/C27H23Cl2N3O2/c1-3-31(4-2)27(33)34-25-10-9-24-23(26(25)20-7-5-18(16-30)6-8-20)11-12-32(24)17-19-13-21(28)15-22(29)14-19/h5-15H,3-4,17H2,1-2H3. The lowest BCUT2D eigenvalue weighted by Crippen LogP contribution is -2.33. The molecule has 4 rings (SSSR count). The zero-order valence-corrected chi connectivity index (χ0v) is 20.4. The molecule has 1 aromatic heterocycles. The molecule has 0 atom stereocenters. The number of carbonyl (C=O) groups is 1. The minimum atomic E-state index is -0.396. The Kier molecular flexibility index (Phi) is 7.12. The van der Waals surface area contributed by atoms with Gasteiger partial charge >= 0.3 is 6.09 Å². The molecule has 0 saturated carbocycles. The van der Waals surface area contributed by atoms with Crippen molar-refractivity contribution in [3.8, 4) is 22.9 Å². The average molecular weight is 492 g/mol. The van der Waals surface area contributed by atoms with Crippen molar-refractivity contribution in [1.82, 2.24) is 9.47 Å². The summed E-state index contributed by atoms with van der Waals surface area (Å²) in [5.41, 5.74) is 4.17. The Balaban J connectivity index is 1.82. The SMILES string of the molecule is CCN(CC)C(=O)Oc1ccc2c(ccn2Cc2cc(Cl)cc(Cl)c2)c1-c1ccc(C#N)cc1. The molecule has 1 amide bonds. The Morgan fingerprint density at radius 3 is 2.29 bits per heavy atom. The third-order valence-electron chi connectivity index (χ3n) is 5.71. The van der Waals surface area contributed by atoms with Crippen LogP contribution >= 0.6 is 23.2 Å². The van der Waals surface area contributed by atoms with Gasteiger partial charge in [-0.15, -0.1) is 0 Å². The third kappa shape index (κ3) is 4.89. The van der Waals surface area contributed by atoms with Crippen LogP contribution in [-0.4, -0.2) is 28.6 Å². The minimum absolute atomic E-state index is 0.396. The second-order valence-corrected chi connectivity index (χ2v) is 8.70. The topological polar surface area (TPSA) is 58.3 Å². The van der Waals surface area contributed by atoms with Gasteiger partial charge in [0.1, 0.15) is 5.75 Å². The van der Waals surface area contributed by atoms with Crippen molar-refractivity contribution in [2.24, 2.45) is 0 Å². The van der Waals surface area contributed by atoms with Gasteiger partial charge in [-0.1, -0.05) is 35.3 Å². The predicted octanol–water partition coefficient (Wildman–Crippen LogP) is 7.38. The molecule has 34 heavy (non-hydrogen) atoms. The van der Waals surface area contributed by atoms with Crippen molar-refractivity contribution in [2.45, 2.75) is 20.4 Å². The summed E-state index contributed by atoms with van der Waals surface area (Å²) in [7, 11) is 0. The van der Waals surface area contributed by atoms with Crippen LogP contribution in [0.3, 0.4) is 0 Å². The molecular weight excluding hydrogens is 469 g/mol. The molecule has 7 heteroatoms. The number of ether oxygens (including phenoxy) is 1. The van der Waals surface area contributed by atoms with Gasteiger partial charge in [-0.05, 0) is 73.5 Å². The molecule has 4 aromatic rings. The van der Waals surface area contributed by atoms with Crippen LogP contribution in [0.5, 0.6) is 5.75 Å². The molecular formula is C27H23Cl2N3O2. The first-order valence-electron chi connectivity index (χ1n) is 11.0. The summed E-state index contributed by atoms with van der Waals surface area (Å²) in [4.78, 5) is 14.4. The number of carbonyl (C=O) groups excluding carboxylic acids is 1. The van der Waals surface area contributed by atoms with Gasteiger partial charge in [-0.3, -0.25) is 0 Å². The minimum Gasteiger partial charge on any atom is -0.410 e. The predicted molar refractivity (Wildman–Crippen MR) is 137 cm³/mol. The quantitative estimate of drug-likeness (QED) is 0.282. The summed E-state index contributed by atoms with van der Waals surface area (Å²) in [5.74, 6) is 0.470. The van der Waals surface area contributed by atoms with E-state index in [9.17, 15) is 10.1 Å². The van der Waals surface area contributed by atoms with Crippen molar-refractivity contribution in [3.63, 3.8) is 0 Å². The molecule has 0 N–H and O–H groups in total. The van der Waals surface area contributed by atoms with Crippen molar-refractivity contribution in [3.05, 3.63) is 88.0 Å². The summed E-state index contributed by atoms with van der Waals surface area (Å²) < 4.78 is 7.94. The maximum atomic E-state index is 12.7. The van der Waals surface area contributed by atoms with E-state index < -0.39 is 6.09 Å². The smallest absolute Gasteiger partial charge is 0.410 e. The van der Waals surface area contributed by atoms with Gasteiger partial charge < -0.3 is 14.2 Å². The highest BCUT2D eigenvalue weighted by molar-refractivity contribution is 6.34. The fourth-order valence-corrected chi connectivity index (χ4v) is 4.60. The van der Waals surface area contributed by atoms with Gasteiger partial charge in [-0.25, -0.2) is 4.79 Å². The number of aromatic nitrogens is 1. The highest BCUT2D eigenvalue weighted by Crippen LogP contribution is 2.38. The molecule has 0 bridgehead atoms. The van der Waals surface area contributed by atoms with Crippen LogP contribution in [0.2, 0.25) is 10.0 Å². The second kappa shape index (κ2) is 10.2. The van der Waals surface area contributed by atoms with Crippen molar-refractivity contribution >= 4 is 40.2 Å². The normalized spacial score (nSPS) is 10.8. The summed E-state index contributed by atoms with van der Waals surface area (Å²) in [6.45, 7) is 5.52. The Morgan fingerprint density at radius 1 is 1.00 bits per heavy atom. The number of hydrogen-bond donors (Lipinski definition) is 0. The second-order valence-electron chi connectivity index (χ2n) is 7.82. The molecule has 0 saturated heterocycles. The first kappa shape index (κ1) is 23.7. The molecule has 0 aliphatic heterocycles. The maximum absolute atomic E-state index is 12.7. The number of nitrogens with zero attached hydrogens (tertiary/aromatic N) is 3. The first-order chi connectivity index (χ1) is 16.4. The lowest BCUT2D eigenvalue weighted by molar-refractivity contribution is 0.157. The Labute approximate surface area is 208 Å². The van der Waals surface area contributed by atoms with E-state index in [4.69, 9.17) is 27.9 Å². The molecule has 0 aliphatic rings. The van der Waals surface area contributed by atoms with Crippen molar-refractivity contribution in [1.29, 1.82) is 5.26 Å². The fraction of sp³-hybridized carbons (Fsp3) is 0.185. The highest BCUT2D eigenvalue weighted by atomic mass is 35.5. The van der Waals surface area contributed by atoms with Crippen LogP contribution in [0.15, 0.2) is 66.9 Å². The molecule has 5 nitrogen and oxygen atoms in total. The third-order valence-corrected chi connectivity index (χ3v) is 6.15. The van der Waals surface area contributed by atoms with Crippen LogP contribution in [-0.2, 0) is 6.54 Å². The van der Waals surface area contributed by atoms with Crippen LogP contribution in [0.1, 0.15) is 25.0 Å². The molecule has 0 fully saturated rings. The van der Waals surface area contributed by atoms with E-state index >= 15 is 0 Å². The highest BCUT2D eigenvalue weighted by Gasteiger charge is 2.19. The largest absolute Gasteiger partial charge is 0.415 e. The number of hydrogen-bond acceptors (Lipinski definition) is 3. The van der Waals surface area contributed by atoms with Gasteiger partial charge in [-0.2, -0.15) is 5.26 Å². The average Bonchev–Trinajstić information content (AvgIpc) is 3.21. The lowest BCUT2D eigenvalue weighted by atomic mass is 9.99. The number of nitriles is 1. The number of benzene rings is 3. The number of fused-ring (bicyclic) bond motifs is 1. The zero-order chi connectivity index (χ0) is 24.2. The van der Waals surface area contributed by atoms with Crippen LogP contribution in [0.4, 0.5) is 4.79 Å². The molecule has 3 aromatic carbocycles. The van der Waals surface area contributed by atoms with E-state index in [1.165, 1.54) is 0 Å². The molecule has 0 spiro atoms. The molecule has 0 radical (unpaired) electrons. The van der Waals surface area contributed by atoms with E-state index in [0.29, 0.717) is 41.0 Å². The Morgan fingerprint density at radius 2 is 1.68 bits per heavy atom. The summed E-state index contributed by atoms with van der Waals surface area (Å²) in [5, 5.41) is 11.3. The summed E-state index contributed by atoms with van der Waals surface area (Å²) >= 11 is 12.4. The molecule has 0 aliphatic carbocycles. The lowest BCUT2D eigenvalue weighted by Gasteiger charge is -2.20. The van der Waals surface area contributed by atoms with Crippen molar-refractivity contribution < 1.29 is 9.53 Å². The Hall–Kier alpha value is -3.46. The number of rotatable bonds is 6. The van der Waals surface area contributed by atoms with Crippen LogP contribution in [0, 0.1) is 11.3 Å². The summed E-state index contributed by atoms with van der Waals surface area (Å²) in [6.07, 6.45) is 1.59. The zero-order valence-electron chi connectivity index (χ0n) is 18.9. The fourth-order valence-electron chi connectivity index (χ4n) is 4.02. The van der Waals surface area contributed by atoms with Crippen LogP contribution < -0.4 is 4.74 Å². The van der Waals surface area contributed by atoms with E-state index in [1.807, 2.05) is 62.5 Å². The summed E-state index contributed by atoms with van der Waals surface area (Å²) in [6, 6.07) is 20.7.